The van der Waals surface area contributed by atoms with Crippen LogP contribution in [0.5, 0.6) is 0 Å². The van der Waals surface area contributed by atoms with Crippen LogP contribution in [0.1, 0.15) is 47.6 Å². The van der Waals surface area contributed by atoms with Crippen LogP contribution >= 0.6 is 0 Å². The minimum Gasteiger partial charge on any atom is -0.337 e. The van der Waals surface area contributed by atoms with Crippen LogP contribution in [0.4, 0.5) is 0 Å². The first-order valence-electron chi connectivity index (χ1n) is 11.2. The molecule has 0 N–H and O–H groups in total. The Morgan fingerprint density at radius 3 is 2.73 bits per heavy atom. The predicted octanol–water partition coefficient (Wildman–Crippen LogP) is 3.55. The molecule has 1 aliphatic heterocycles. The van der Waals surface area contributed by atoms with Crippen LogP contribution in [0.2, 0.25) is 0 Å². The first-order chi connectivity index (χ1) is 14.8. The molecule has 1 saturated carbocycles. The highest BCUT2D eigenvalue weighted by molar-refractivity contribution is 5.96. The molecular weight excluding hydrogens is 374 g/mol. The van der Waals surface area contributed by atoms with Crippen molar-refractivity contribution in [2.75, 3.05) is 32.7 Å². The maximum atomic E-state index is 13.1. The number of imidazole rings is 1. The third-order valence-corrected chi connectivity index (χ3v) is 6.26. The molecule has 2 fully saturated rings. The molecule has 1 aromatic carbocycles. The lowest BCUT2D eigenvalue weighted by molar-refractivity contribution is 0.0761. The quantitative estimate of drug-likeness (QED) is 0.632. The number of benzene rings is 1. The van der Waals surface area contributed by atoms with E-state index in [4.69, 9.17) is 0 Å². The van der Waals surface area contributed by atoms with E-state index in [0.29, 0.717) is 11.6 Å². The fourth-order valence-electron chi connectivity index (χ4n) is 4.39. The van der Waals surface area contributed by atoms with E-state index >= 15 is 0 Å². The zero-order valence-electron chi connectivity index (χ0n) is 17.4. The van der Waals surface area contributed by atoms with Crippen molar-refractivity contribution in [2.45, 2.75) is 38.1 Å². The van der Waals surface area contributed by atoms with Gasteiger partial charge in [0.1, 0.15) is 5.52 Å². The van der Waals surface area contributed by atoms with Crippen molar-refractivity contribution < 1.29 is 4.79 Å². The summed E-state index contributed by atoms with van der Waals surface area (Å²) in [4.78, 5) is 26.6. The predicted molar refractivity (Wildman–Crippen MR) is 118 cm³/mol. The lowest BCUT2D eigenvalue weighted by atomic mass is 10.1. The number of hydrogen-bond acceptors (Lipinski definition) is 4. The summed E-state index contributed by atoms with van der Waals surface area (Å²) in [5.74, 6) is 0.0801. The van der Waals surface area contributed by atoms with Crippen LogP contribution in [0.25, 0.3) is 11.2 Å². The molecule has 6 nitrogen and oxygen atoms in total. The van der Waals surface area contributed by atoms with E-state index in [1.807, 2.05) is 17.3 Å². The van der Waals surface area contributed by atoms with Crippen LogP contribution in [0.15, 0.2) is 48.9 Å². The first-order valence-corrected chi connectivity index (χ1v) is 11.2. The number of hydrogen-bond donors (Lipinski definition) is 0. The van der Waals surface area contributed by atoms with E-state index in [9.17, 15) is 4.79 Å². The van der Waals surface area contributed by atoms with Crippen LogP contribution in [0, 0.1) is 0 Å². The minimum absolute atomic E-state index is 0.0801. The third-order valence-electron chi connectivity index (χ3n) is 6.26. The highest BCUT2D eigenvalue weighted by Crippen LogP contribution is 2.36. The van der Waals surface area contributed by atoms with E-state index in [1.165, 1.54) is 18.4 Å². The lowest BCUT2D eigenvalue weighted by Gasteiger charge is -2.22. The van der Waals surface area contributed by atoms with Crippen LogP contribution in [-0.4, -0.2) is 63.0 Å². The number of rotatable bonds is 6. The monoisotopic (exact) mass is 403 g/mol. The van der Waals surface area contributed by atoms with Gasteiger partial charge in [-0.1, -0.05) is 30.3 Å². The highest BCUT2D eigenvalue weighted by atomic mass is 16.2. The van der Waals surface area contributed by atoms with E-state index in [2.05, 4.69) is 49.8 Å². The Morgan fingerprint density at radius 1 is 1.03 bits per heavy atom. The van der Waals surface area contributed by atoms with Crippen molar-refractivity contribution in [3.63, 3.8) is 0 Å². The summed E-state index contributed by atoms with van der Waals surface area (Å²) in [5, 5.41) is 0. The number of carbonyl (C=O) groups excluding carboxylic acids is 1. The second-order valence-corrected chi connectivity index (χ2v) is 8.53. The maximum Gasteiger partial charge on any atom is 0.255 e. The Labute approximate surface area is 177 Å². The van der Waals surface area contributed by atoms with Gasteiger partial charge < -0.3 is 14.4 Å². The lowest BCUT2D eigenvalue weighted by Crippen LogP contribution is -2.35. The van der Waals surface area contributed by atoms with Gasteiger partial charge in [-0.2, -0.15) is 0 Å². The van der Waals surface area contributed by atoms with Crippen LogP contribution < -0.4 is 0 Å². The average molecular weight is 404 g/mol. The number of aryl methyl sites for hydroxylation is 1. The number of amides is 1. The van der Waals surface area contributed by atoms with Gasteiger partial charge >= 0.3 is 0 Å². The summed E-state index contributed by atoms with van der Waals surface area (Å²) in [6.45, 7) is 4.67. The maximum absolute atomic E-state index is 13.1. The van der Waals surface area contributed by atoms with Crippen molar-refractivity contribution in [2.24, 2.45) is 0 Å². The smallest absolute Gasteiger partial charge is 0.255 e. The number of pyridine rings is 1. The molecule has 3 aromatic rings. The Morgan fingerprint density at radius 2 is 1.90 bits per heavy atom. The van der Waals surface area contributed by atoms with Crippen LogP contribution in [-0.2, 0) is 6.42 Å². The molecule has 156 valence electrons. The van der Waals surface area contributed by atoms with E-state index in [-0.39, 0.29) is 5.91 Å². The zero-order valence-corrected chi connectivity index (χ0v) is 17.4. The second kappa shape index (κ2) is 8.56. The summed E-state index contributed by atoms with van der Waals surface area (Å²) in [7, 11) is 0. The van der Waals surface area contributed by atoms with Crippen LogP contribution in [0.3, 0.4) is 0 Å². The zero-order chi connectivity index (χ0) is 20.3. The fourth-order valence-corrected chi connectivity index (χ4v) is 4.39. The average Bonchev–Trinajstić information content (AvgIpc) is 3.58. The number of carbonyl (C=O) groups is 1. The highest BCUT2D eigenvalue weighted by Gasteiger charge is 2.26. The first kappa shape index (κ1) is 19.2. The van der Waals surface area contributed by atoms with E-state index in [1.54, 1.807) is 6.20 Å². The largest absolute Gasteiger partial charge is 0.337 e. The molecule has 0 spiro atoms. The van der Waals surface area contributed by atoms with Crippen molar-refractivity contribution in [3.8, 4) is 0 Å². The summed E-state index contributed by atoms with van der Waals surface area (Å²) in [6.07, 6.45) is 9.27. The second-order valence-electron chi connectivity index (χ2n) is 8.53. The molecule has 30 heavy (non-hydrogen) atoms. The minimum atomic E-state index is 0.0801. The molecule has 1 amide bonds. The molecule has 2 aliphatic rings. The van der Waals surface area contributed by atoms with Crippen molar-refractivity contribution in [1.29, 1.82) is 0 Å². The molecule has 6 heteroatoms. The molecule has 0 atom stereocenters. The number of nitrogens with zero attached hydrogens (tertiary/aromatic N) is 5. The Hall–Kier alpha value is -2.73. The third kappa shape index (κ3) is 4.24. The Bertz CT molecular complexity index is 1010. The van der Waals surface area contributed by atoms with Gasteiger partial charge in [0.2, 0.25) is 0 Å². The van der Waals surface area contributed by atoms with Crippen molar-refractivity contribution in [1.82, 2.24) is 24.3 Å². The fraction of sp³-hybridized carbons (Fsp3) is 0.458. The summed E-state index contributed by atoms with van der Waals surface area (Å²) in [6, 6.07) is 13.1. The van der Waals surface area contributed by atoms with Gasteiger partial charge in [0.05, 0.1) is 11.9 Å². The van der Waals surface area contributed by atoms with Gasteiger partial charge in [-0.05, 0) is 56.8 Å². The molecule has 1 aliphatic carbocycles. The van der Waals surface area contributed by atoms with Gasteiger partial charge in [0.25, 0.3) is 5.91 Å². The number of aromatic nitrogens is 3. The summed E-state index contributed by atoms with van der Waals surface area (Å²) >= 11 is 0. The molecule has 5 rings (SSSR count). The van der Waals surface area contributed by atoms with Gasteiger partial charge in [0.15, 0.2) is 5.65 Å². The Kier molecular flexibility index (Phi) is 5.49. The standard InChI is InChI=1S/C24H29N5O/c30-24(20-16-22-23(25-17-20)29(18-26-22)21-9-10-21)28-13-5-12-27(14-15-28)11-4-8-19-6-2-1-3-7-19/h1-3,6-7,16-18,21H,4-5,8-15H2. The molecule has 1 saturated heterocycles. The SMILES string of the molecule is O=C(c1cnc2c(c1)ncn2C1CC1)N1CCCN(CCCc2ccccc2)CC1. The van der Waals surface area contributed by atoms with Gasteiger partial charge in [-0.3, -0.25) is 4.79 Å². The summed E-state index contributed by atoms with van der Waals surface area (Å²) < 4.78 is 2.14. The number of fused-ring (bicyclic) bond motifs is 1. The molecule has 0 unspecified atom stereocenters. The molecular formula is C24H29N5O. The van der Waals surface area contributed by atoms with E-state index < -0.39 is 0 Å². The summed E-state index contributed by atoms with van der Waals surface area (Å²) in [5.41, 5.74) is 3.77. The molecule has 2 aromatic heterocycles. The Balaban J connectivity index is 1.17. The van der Waals surface area contributed by atoms with Gasteiger partial charge in [0, 0.05) is 31.9 Å². The van der Waals surface area contributed by atoms with Gasteiger partial charge in [-0.15, -0.1) is 0 Å². The van der Waals surface area contributed by atoms with Crippen molar-refractivity contribution >= 4 is 17.1 Å². The molecule has 3 heterocycles. The molecule has 0 bridgehead atoms. The van der Waals surface area contributed by atoms with E-state index in [0.717, 1.165) is 63.2 Å². The van der Waals surface area contributed by atoms with Gasteiger partial charge in [-0.25, -0.2) is 9.97 Å². The normalized spacial score (nSPS) is 17.9. The topological polar surface area (TPSA) is 54.3 Å². The molecule has 0 radical (unpaired) electrons. The van der Waals surface area contributed by atoms with Crippen molar-refractivity contribution in [3.05, 3.63) is 60.0 Å².